The van der Waals surface area contributed by atoms with Crippen LogP contribution in [-0.2, 0) is 10.2 Å². The lowest BCUT2D eigenvalue weighted by Crippen LogP contribution is -2.25. The van der Waals surface area contributed by atoms with E-state index < -0.39 is 5.41 Å². The highest BCUT2D eigenvalue weighted by Gasteiger charge is 2.28. The Morgan fingerprint density at radius 3 is 1.89 bits per heavy atom. The maximum absolute atomic E-state index is 11.6. The standard InChI is InChI=1S/C15H12ClIO/c1-15(10-18,11-2-6-13(16)7-3-11)12-4-8-14(17)9-5-12/h2-10H,1H3. The van der Waals surface area contributed by atoms with Gasteiger partial charge in [0, 0.05) is 8.59 Å². The van der Waals surface area contributed by atoms with E-state index >= 15 is 0 Å². The zero-order valence-electron chi connectivity index (χ0n) is 9.86. The van der Waals surface area contributed by atoms with E-state index in [9.17, 15) is 4.79 Å². The van der Waals surface area contributed by atoms with E-state index in [1.807, 2.05) is 55.5 Å². The summed E-state index contributed by atoms with van der Waals surface area (Å²) < 4.78 is 1.15. The minimum Gasteiger partial charge on any atom is -0.302 e. The third kappa shape index (κ3) is 2.59. The third-order valence-electron chi connectivity index (χ3n) is 3.12. The zero-order valence-corrected chi connectivity index (χ0v) is 12.8. The van der Waals surface area contributed by atoms with Crippen molar-refractivity contribution in [1.82, 2.24) is 0 Å². The van der Waals surface area contributed by atoms with E-state index in [1.165, 1.54) is 0 Å². The average Bonchev–Trinajstić information content (AvgIpc) is 2.39. The van der Waals surface area contributed by atoms with Crippen LogP contribution in [0.15, 0.2) is 48.5 Å². The topological polar surface area (TPSA) is 17.1 Å². The summed E-state index contributed by atoms with van der Waals surface area (Å²) in [5.74, 6) is 0. The summed E-state index contributed by atoms with van der Waals surface area (Å²) >= 11 is 8.13. The molecule has 2 aromatic rings. The highest BCUT2D eigenvalue weighted by atomic mass is 127. The second-order valence-electron chi connectivity index (χ2n) is 4.33. The Hall–Kier alpha value is -0.870. The average molecular weight is 371 g/mol. The number of carbonyl (C=O) groups is 1. The molecular formula is C15H12ClIO. The predicted octanol–water partition coefficient (Wildman–Crippen LogP) is 4.45. The van der Waals surface area contributed by atoms with Crippen molar-refractivity contribution in [2.45, 2.75) is 12.3 Å². The molecule has 2 rings (SSSR count). The van der Waals surface area contributed by atoms with Gasteiger partial charge in [-0.1, -0.05) is 35.9 Å². The van der Waals surface area contributed by atoms with Crippen LogP contribution in [0, 0.1) is 3.57 Å². The molecule has 0 spiro atoms. The van der Waals surface area contributed by atoms with E-state index in [0.717, 1.165) is 21.0 Å². The summed E-state index contributed by atoms with van der Waals surface area (Å²) in [5, 5.41) is 0.676. The second kappa shape index (κ2) is 5.41. The molecule has 1 unspecified atom stereocenters. The van der Waals surface area contributed by atoms with Gasteiger partial charge in [0.1, 0.15) is 6.29 Å². The van der Waals surface area contributed by atoms with Gasteiger partial charge >= 0.3 is 0 Å². The number of aldehydes is 1. The molecule has 3 heteroatoms. The van der Waals surface area contributed by atoms with Gasteiger partial charge in [-0.15, -0.1) is 0 Å². The lowest BCUT2D eigenvalue weighted by molar-refractivity contribution is -0.110. The van der Waals surface area contributed by atoms with Gasteiger partial charge in [0.15, 0.2) is 0 Å². The molecule has 0 aromatic heterocycles. The molecule has 18 heavy (non-hydrogen) atoms. The molecule has 1 nitrogen and oxygen atoms in total. The number of hydrogen-bond donors (Lipinski definition) is 0. The fraction of sp³-hybridized carbons (Fsp3) is 0.133. The van der Waals surface area contributed by atoms with E-state index in [2.05, 4.69) is 22.6 Å². The first-order valence-electron chi connectivity index (χ1n) is 5.55. The maximum Gasteiger partial charge on any atom is 0.134 e. The second-order valence-corrected chi connectivity index (χ2v) is 6.02. The molecule has 0 saturated heterocycles. The molecule has 0 aliphatic heterocycles. The van der Waals surface area contributed by atoms with Crippen molar-refractivity contribution in [2.24, 2.45) is 0 Å². The highest BCUT2D eigenvalue weighted by Crippen LogP contribution is 2.31. The van der Waals surface area contributed by atoms with Gasteiger partial charge in [-0.05, 0) is 64.9 Å². The minimum atomic E-state index is -0.630. The molecule has 0 aliphatic carbocycles. The first kappa shape index (κ1) is 13.6. The summed E-state index contributed by atoms with van der Waals surface area (Å²) in [4.78, 5) is 11.6. The van der Waals surface area contributed by atoms with Crippen LogP contribution in [0.3, 0.4) is 0 Å². The van der Waals surface area contributed by atoms with Crippen LogP contribution < -0.4 is 0 Å². The molecule has 92 valence electrons. The van der Waals surface area contributed by atoms with Gasteiger partial charge in [-0.3, -0.25) is 0 Å². The Bertz CT molecular complexity index is 500. The third-order valence-corrected chi connectivity index (χ3v) is 4.09. The first-order chi connectivity index (χ1) is 8.56. The molecule has 0 aliphatic rings. The molecule has 0 fully saturated rings. The fourth-order valence-corrected chi connectivity index (χ4v) is 2.38. The van der Waals surface area contributed by atoms with Crippen LogP contribution >= 0.6 is 34.2 Å². The fourth-order valence-electron chi connectivity index (χ4n) is 1.89. The molecule has 1 atom stereocenters. The van der Waals surface area contributed by atoms with Crippen LogP contribution in [0.4, 0.5) is 0 Å². The van der Waals surface area contributed by atoms with Crippen LogP contribution in [0.2, 0.25) is 5.02 Å². The van der Waals surface area contributed by atoms with Crippen molar-refractivity contribution in [2.75, 3.05) is 0 Å². The normalized spacial score (nSPS) is 13.9. The van der Waals surface area contributed by atoms with Crippen LogP contribution in [0.25, 0.3) is 0 Å². The van der Waals surface area contributed by atoms with Crippen molar-refractivity contribution >= 4 is 40.5 Å². The quantitative estimate of drug-likeness (QED) is 0.576. The molecule has 0 saturated carbocycles. The molecule has 0 N–H and O–H groups in total. The van der Waals surface area contributed by atoms with Crippen molar-refractivity contribution < 1.29 is 4.79 Å². The monoisotopic (exact) mass is 370 g/mol. The van der Waals surface area contributed by atoms with Crippen molar-refractivity contribution in [3.8, 4) is 0 Å². The van der Waals surface area contributed by atoms with E-state index in [1.54, 1.807) is 0 Å². The predicted molar refractivity (Wildman–Crippen MR) is 83.1 cm³/mol. The van der Waals surface area contributed by atoms with Crippen molar-refractivity contribution in [1.29, 1.82) is 0 Å². The minimum absolute atomic E-state index is 0.630. The Kier molecular flexibility index (Phi) is 4.07. The lowest BCUT2D eigenvalue weighted by atomic mass is 9.78. The number of carbonyl (C=O) groups excluding carboxylic acids is 1. The number of hydrogen-bond acceptors (Lipinski definition) is 1. The molecule has 0 amide bonds. The lowest BCUT2D eigenvalue weighted by Gasteiger charge is -2.24. The van der Waals surface area contributed by atoms with Gasteiger partial charge in [0.05, 0.1) is 5.41 Å². The Balaban J connectivity index is 2.50. The van der Waals surface area contributed by atoms with Gasteiger partial charge in [0.2, 0.25) is 0 Å². The van der Waals surface area contributed by atoms with Crippen LogP contribution in [0.1, 0.15) is 18.1 Å². The van der Waals surface area contributed by atoms with Gasteiger partial charge < -0.3 is 4.79 Å². The summed E-state index contributed by atoms with van der Waals surface area (Å²) in [5.41, 5.74) is 1.30. The van der Waals surface area contributed by atoms with Crippen LogP contribution in [0.5, 0.6) is 0 Å². The number of rotatable bonds is 3. The van der Waals surface area contributed by atoms with Crippen molar-refractivity contribution in [3.63, 3.8) is 0 Å². The summed E-state index contributed by atoms with van der Waals surface area (Å²) in [6.45, 7) is 1.92. The van der Waals surface area contributed by atoms with Gasteiger partial charge in [-0.25, -0.2) is 0 Å². The van der Waals surface area contributed by atoms with Crippen LogP contribution in [-0.4, -0.2) is 6.29 Å². The molecule has 2 aromatic carbocycles. The first-order valence-corrected chi connectivity index (χ1v) is 7.00. The number of benzene rings is 2. The molecule has 0 radical (unpaired) electrons. The smallest absolute Gasteiger partial charge is 0.134 e. The molecule has 0 heterocycles. The summed E-state index contributed by atoms with van der Waals surface area (Å²) in [6, 6.07) is 15.4. The van der Waals surface area contributed by atoms with E-state index in [0.29, 0.717) is 5.02 Å². The summed E-state index contributed by atoms with van der Waals surface area (Å²) in [7, 11) is 0. The zero-order chi connectivity index (χ0) is 13.2. The number of halogens is 2. The van der Waals surface area contributed by atoms with E-state index in [-0.39, 0.29) is 0 Å². The van der Waals surface area contributed by atoms with Crippen molar-refractivity contribution in [3.05, 3.63) is 68.3 Å². The van der Waals surface area contributed by atoms with Gasteiger partial charge in [0.25, 0.3) is 0 Å². The van der Waals surface area contributed by atoms with E-state index in [4.69, 9.17) is 11.6 Å². The maximum atomic E-state index is 11.6. The molecule has 0 bridgehead atoms. The van der Waals surface area contributed by atoms with Gasteiger partial charge in [-0.2, -0.15) is 0 Å². The Labute approximate surface area is 125 Å². The summed E-state index contributed by atoms with van der Waals surface area (Å²) in [6.07, 6.45) is 0.985. The Morgan fingerprint density at radius 2 is 1.44 bits per heavy atom. The Morgan fingerprint density at radius 1 is 1.00 bits per heavy atom. The highest BCUT2D eigenvalue weighted by molar-refractivity contribution is 14.1. The SMILES string of the molecule is CC(C=O)(c1ccc(Cl)cc1)c1ccc(I)cc1. The largest absolute Gasteiger partial charge is 0.302 e. The molecular weight excluding hydrogens is 359 g/mol.